The average molecular weight is 174 g/mol. The summed E-state index contributed by atoms with van der Waals surface area (Å²) in [6, 6.07) is 0. The van der Waals surface area contributed by atoms with Crippen molar-refractivity contribution in [3.63, 3.8) is 0 Å². The van der Waals surface area contributed by atoms with Gasteiger partial charge in [-0.05, 0) is 12.0 Å². The van der Waals surface area contributed by atoms with Gasteiger partial charge in [-0.15, -0.1) is 11.3 Å². The summed E-state index contributed by atoms with van der Waals surface area (Å²) in [7, 11) is 0. The number of rotatable bonds is 3. The zero-order chi connectivity index (χ0) is 7.40. The van der Waals surface area contributed by atoms with Crippen LogP contribution in [0.3, 0.4) is 0 Å². The van der Waals surface area contributed by atoms with Gasteiger partial charge < -0.3 is 5.73 Å². The van der Waals surface area contributed by atoms with E-state index in [1.165, 1.54) is 11.3 Å². The summed E-state index contributed by atoms with van der Waals surface area (Å²) >= 11 is 3.33. The van der Waals surface area contributed by atoms with Gasteiger partial charge in [-0.1, -0.05) is 0 Å². The number of aryl methyl sites for hydroxylation is 1. The summed E-state index contributed by atoms with van der Waals surface area (Å²) in [5, 5.41) is 0.869. The van der Waals surface area contributed by atoms with Crippen molar-refractivity contribution < 1.29 is 0 Å². The minimum absolute atomic E-state index is 0.869. The van der Waals surface area contributed by atoms with Crippen LogP contribution in [0.4, 0.5) is 5.00 Å². The van der Waals surface area contributed by atoms with E-state index < -0.39 is 0 Å². The molecule has 56 valence electrons. The molecule has 0 aliphatic rings. The topological polar surface area (TPSA) is 38.9 Å². The summed E-state index contributed by atoms with van der Waals surface area (Å²) in [6.45, 7) is 0. The van der Waals surface area contributed by atoms with Crippen LogP contribution in [-0.2, 0) is 6.42 Å². The van der Waals surface area contributed by atoms with Crippen LogP contribution in [0, 0.1) is 0 Å². The van der Waals surface area contributed by atoms with Crippen molar-refractivity contribution in [1.29, 1.82) is 0 Å². The van der Waals surface area contributed by atoms with Gasteiger partial charge in [0, 0.05) is 6.42 Å². The number of anilines is 1. The minimum Gasteiger partial charge on any atom is -0.389 e. The largest absolute Gasteiger partial charge is 0.389 e. The van der Waals surface area contributed by atoms with Crippen molar-refractivity contribution in [2.75, 3.05) is 17.7 Å². The summed E-state index contributed by atoms with van der Waals surface area (Å²) in [5.41, 5.74) is 8.48. The van der Waals surface area contributed by atoms with Crippen molar-refractivity contribution in [3.05, 3.63) is 11.2 Å². The maximum Gasteiger partial charge on any atom is 0.109 e. The Kier molecular flexibility index (Phi) is 3.02. The molecule has 0 bridgehead atoms. The van der Waals surface area contributed by atoms with E-state index in [9.17, 15) is 0 Å². The van der Waals surface area contributed by atoms with Gasteiger partial charge in [0.15, 0.2) is 0 Å². The number of hydrogen-bond acceptors (Lipinski definition) is 4. The van der Waals surface area contributed by atoms with Gasteiger partial charge in [0.1, 0.15) is 5.00 Å². The van der Waals surface area contributed by atoms with E-state index >= 15 is 0 Å². The Morgan fingerprint density at radius 2 is 2.60 bits per heavy atom. The first-order valence-corrected chi connectivity index (χ1v) is 5.28. The number of thiazole rings is 1. The SMILES string of the molecule is CSCCc1ncsc1N. The molecule has 0 spiro atoms. The normalized spacial score (nSPS) is 10.1. The van der Waals surface area contributed by atoms with Crippen molar-refractivity contribution >= 4 is 28.1 Å². The van der Waals surface area contributed by atoms with Gasteiger partial charge in [-0.25, -0.2) is 4.98 Å². The lowest BCUT2D eigenvalue weighted by Crippen LogP contribution is -1.92. The summed E-state index contributed by atoms with van der Waals surface area (Å²) in [5.74, 6) is 1.11. The number of hydrogen-bond donors (Lipinski definition) is 1. The smallest absolute Gasteiger partial charge is 0.109 e. The molecule has 0 amide bonds. The highest BCUT2D eigenvalue weighted by Gasteiger charge is 1.99. The Hall–Kier alpha value is -0.220. The van der Waals surface area contributed by atoms with Crippen LogP contribution in [0.1, 0.15) is 5.69 Å². The zero-order valence-electron chi connectivity index (χ0n) is 5.83. The maximum atomic E-state index is 5.63. The molecule has 0 atom stereocenters. The fraction of sp³-hybridized carbons (Fsp3) is 0.500. The van der Waals surface area contributed by atoms with Gasteiger partial charge in [-0.3, -0.25) is 0 Å². The standard InChI is InChI=1S/C6H10N2S2/c1-9-3-2-5-6(7)10-4-8-5/h4H,2-3,7H2,1H3. The molecule has 0 saturated heterocycles. The molecule has 0 radical (unpaired) electrons. The predicted octanol–water partition coefficient (Wildman–Crippen LogP) is 1.63. The van der Waals surface area contributed by atoms with Crippen LogP contribution in [-0.4, -0.2) is 17.0 Å². The molecule has 0 aliphatic carbocycles. The van der Waals surface area contributed by atoms with E-state index in [1.807, 2.05) is 11.8 Å². The van der Waals surface area contributed by atoms with Crippen molar-refractivity contribution in [2.45, 2.75) is 6.42 Å². The van der Waals surface area contributed by atoms with Gasteiger partial charge in [-0.2, -0.15) is 11.8 Å². The van der Waals surface area contributed by atoms with Crippen molar-refractivity contribution in [1.82, 2.24) is 4.98 Å². The Morgan fingerprint density at radius 1 is 1.80 bits per heavy atom. The average Bonchev–Trinajstić information content (AvgIpc) is 2.31. The molecule has 10 heavy (non-hydrogen) atoms. The van der Waals surface area contributed by atoms with E-state index in [4.69, 9.17) is 5.73 Å². The summed E-state index contributed by atoms with van der Waals surface area (Å²) < 4.78 is 0. The third-order valence-corrected chi connectivity index (χ3v) is 2.53. The first-order valence-electron chi connectivity index (χ1n) is 3.01. The van der Waals surface area contributed by atoms with E-state index in [0.29, 0.717) is 0 Å². The van der Waals surface area contributed by atoms with Crippen LogP contribution in [0.15, 0.2) is 5.51 Å². The molecule has 1 aromatic rings. The molecular weight excluding hydrogens is 164 g/mol. The lowest BCUT2D eigenvalue weighted by atomic mass is 10.4. The lowest BCUT2D eigenvalue weighted by molar-refractivity contribution is 1.08. The van der Waals surface area contributed by atoms with Crippen molar-refractivity contribution in [2.24, 2.45) is 0 Å². The van der Waals surface area contributed by atoms with Gasteiger partial charge >= 0.3 is 0 Å². The number of nitrogens with two attached hydrogens (primary N) is 1. The highest BCUT2D eigenvalue weighted by atomic mass is 32.2. The molecule has 4 heteroatoms. The maximum absolute atomic E-state index is 5.63. The Bertz CT molecular complexity index is 197. The number of aromatic nitrogens is 1. The van der Waals surface area contributed by atoms with E-state index in [2.05, 4.69) is 11.2 Å². The second-order valence-corrected chi connectivity index (χ2v) is 3.78. The molecule has 0 fully saturated rings. The second-order valence-electron chi connectivity index (χ2n) is 1.91. The van der Waals surface area contributed by atoms with Gasteiger partial charge in [0.05, 0.1) is 11.2 Å². The van der Waals surface area contributed by atoms with Crippen LogP contribution in [0.5, 0.6) is 0 Å². The quantitative estimate of drug-likeness (QED) is 0.757. The summed E-state index contributed by atoms with van der Waals surface area (Å²) in [4.78, 5) is 4.13. The monoisotopic (exact) mass is 174 g/mol. The van der Waals surface area contributed by atoms with Crippen LogP contribution in [0.25, 0.3) is 0 Å². The molecule has 1 aromatic heterocycles. The first kappa shape index (κ1) is 7.88. The predicted molar refractivity (Wildman–Crippen MR) is 48.6 cm³/mol. The van der Waals surface area contributed by atoms with E-state index in [-0.39, 0.29) is 0 Å². The third-order valence-electron chi connectivity index (χ3n) is 1.22. The van der Waals surface area contributed by atoms with Gasteiger partial charge in [0.2, 0.25) is 0 Å². The molecule has 1 heterocycles. The Morgan fingerprint density at radius 3 is 3.10 bits per heavy atom. The van der Waals surface area contributed by atoms with Crippen molar-refractivity contribution in [3.8, 4) is 0 Å². The molecule has 1 rings (SSSR count). The second kappa shape index (κ2) is 3.83. The fourth-order valence-electron chi connectivity index (χ4n) is 0.665. The lowest BCUT2D eigenvalue weighted by Gasteiger charge is -1.93. The van der Waals surface area contributed by atoms with E-state index in [1.54, 1.807) is 5.51 Å². The van der Waals surface area contributed by atoms with Crippen LogP contribution >= 0.6 is 23.1 Å². The van der Waals surface area contributed by atoms with Crippen LogP contribution < -0.4 is 5.73 Å². The fourth-order valence-corrected chi connectivity index (χ4v) is 1.65. The Balaban J connectivity index is 2.49. The zero-order valence-corrected chi connectivity index (χ0v) is 7.47. The summed E-state index contributed by atoms with van der Waals surface area (Å²) in [6.07, 6.45) is 3.08. The van der Waals surface area contributed by atoms with Gasteiger partial charge in [0.25, 0.3) is 0 Å². The minimum atomic E-state index is 0.869. The third kappa shape index (κ3) is 1.88. The number of nitrogens with zero attached hydrogens (tertiary/aromatic N) is 1. The van der Waals surface area contributed by atoms with E-state index in [0.717, 1.165) is 22.9 Å². The Labute approximate surface area is 68.8 Å². The highest BCUT2D eigenvalue weighted by Crippen LogP contribution is 2.16. The molecule has 2 N–H and O–H groups in total. The number of thioether (sulfide) groups is 1. The highest BCUT2D eigenvalue weighted by molar-refractivity contribution is 7.98. The molecule has 0 saturated carbocycles. The molecule has 2 nitrogen and oxygen atoms in total. The number of nitrogen functional groups attached to an aromatic ring is 1. The molecular formula is C6H10N2S2. The molecule has 0 aromatic carbocycles. The molecule has 0 unspecified atom stereocenters. The first-order chi connectivity index (χ1) is 4.84. The molecule has 0 aliphatic heterocycles. The van der Waals surface area contributed by atoms with Crippen LogP contribution in [0.2, 0.25) is 0 Å².